The zero-order valence-electron chi connectivity index (χ0n) is 7.36. The van der Waals surface area contributed by atoms with Crippen molar-refractivity contribution < 1.29 is 4.74 Å². The van der Waals surface area contributed by atoms with E-state index in [-0.39, 0.29) is 4.99 Å². The molecule has 0 fully saturated rings. The van der Waals surface area contributed by atoms with Gasteiger partial charge in [0.2, 0.25) is 5.88 Å². The van der Waals surface area contributed by atoms with Gasteiger partial charge in [-0.25, -0.2) is 9.97 Å². The van der Waals surface area contributed by atoms with E-state index >= 15 is 0 Å². The van der Waals surface area contributed by atoms with E-state index in [0.29, 0.717) is 18.2 Å². The summed E-state index contributed by atoms with van der Waals surface area (Å²) in [4.78, 5) is 8.21. The van der Waals surface area contributed by atoms with Crippen LogP contribution in [0.4, 0.5) is 0 Å². The van der Waals surface area contributed by atoms with Gasteiger partial charge in [-0.05, 0) is 6.42 Å². The number of thiocarbonyl (C=S) groups is 1. The van der Waals surface area contributed by atoms with Gasteiger partial charge in [0.1, 0.15) is 10.7 Å². The van der Waals surface area contributed by atoms with Crippen molar-refractivity contribution in [2.45, 2.75) is 13.3 Å². The fraction of sp³-hybridized carbons (Fsp3) is 0.375. The topological polar surface area (TPSA) is 61.0 Å². The molecule has 0 radical (unpaired) electrons. The highest BCUT2D eigenvalue weighted by atomic mass is 32.1. The summed E-state index contributed by atoms with van der Waals surface area (Å²) in [7, 11) is 0. The van der Waals surface area contributed by atoms with Crippen molar-refractivity contribution in [1.82, 2.24) is 9.97 Å². The number of hydrogen-bond acceptors (Lipinski definition) is 4. The second kappa shape index (κ2) is 4.71. The molecule has 1 aromatic heterocycles. The lowest BCUT2D eigenvalue weighted by Crippen LogP contribution is -2.12. The smallest absolute Gasteiger partial charge is 0.232 e. The van der Waals surface area contributed by atoms with Crippen LogP contribution in [-0.2, 0) is 0 Å². The van der Waals surface area contributed by atoms with Crippen molar-refractivity contribution in [1.29, 1.82) is 0 Å². The number of nitrogens with two attached hydrogens (primary N) is 1. The standard InChI is InChI=1S/C8H11N3OS/c1-2-3-12-7-5-10-6(4-11-7)8(9)13/h4-5H,2-3H2,1H3,(H2,9,13). The Balaban J connectivity index is 2.64. The first-order valence-electron chi connectivity index (χ1n) is 3.98. The van der Waals surface area contributed by atoms with Gasteiger partial charge in [0.15, 0.2) is 0 Å². The van der Waals surface area contributed by atoms with E-state index < -0.39 is 0 Å². The predicted molar refractivity (Wildman–Crippen MR) is 53.7 cm³/mol. The van der Waals surface area contributed by atoms with Gasteiger partial charge in [-0.3, -0.25) is 0 Å². The molecule has 70 valence electrons. The van der Waals surface area contributed by atoms with E-state index in [9.17, 15) is 0 Å². The van der Waals surface area contributed by atoms with Gasteiger partial charge in [-0.15, -0.1) is 0 Å². The largest absolute Gasteiger partial charge is 0.477 e. The average molecular weight is 197 g/mol. The number of hydrogen-bond donors (Lipinski definition) is 1. The van der Waals surface area contributed by atoms with E-state index in [1.807, 2.05) is 6.92 Å². The summed E-state index contributed by atoms with van der Waals surface area (Å²) in [5, 5.41) is 0. The Morgan fingerprint density at radius 2 is 2.31 bits per heavy atom. The number of ether oxygens (including phenoxy) is 1. The minimum absolute atomic E-state index is 0.245. The van der Waals surface area contributed by atoms with Crippen LogP contribution >= 0.6 is 12.2 Å². The fourth-order valence-electron chi connectivity index (χ4n) is 0.725. The first-order chi connectivity index (χ1) is 6.24. The maximum atomic E-state index is 5.35. The van der Waals surface area contributed by atoms with Gasteiger partial charge >= 0.3 is 0 Å². The minimum Gasteiger partial charge on any atom is -0.477 e. The van der Waals surface area contributed by atoms with Crippen LogP contribution in [0.1, 0.15) is 19.0 Å². The molecule has 5 heteroatoms. The van der Waals surface area contributed by atoms with Crippen molar-refractivity contribution >= 4 is 17.2 Å². The molecule has 0 aliphatic carbocycles. The molecule has 0 atom stereocenters. The van der Waals surface area contributed by atoms with Crippen LogP contribution < -0.4 is 10.5 Å². The molecule has 0 aliphatic heterocycles. The van der Waals surface area contributed by atoms with Crippen molar-refractivity contribution in [2.75, 3.05) is 6.61 Å². The molecule has 1 rings (SSSR count). The van der Waals surface area contributed by atoms with E-state index in [0.717, 1.165) is 6.42 Å². The fourth-order valence-corrected chi connectivity index (χ4v) is 0.830. The highest BCUT2D eigenvalue weighted by Gasteiger charge is 1.99. The van der Waals surface area contributed by atoms with Crippen molar-refractivity contribution in [2.24, 2.45) is 5.73 Å². The Labute approximate surface area is 82.1 Å². The molecule has 0 amide bonds. The summed E-state index contributed by atoms with van der Waals surface area (Å²) in [5.74, 6) is 0.502. The SMILES string of the molecule is CCCOc1cnc(C(N)=S)cn1. The van der Waals surface area contributed by atoms with Gasteiger partial charge in [0, 0.05) is 0 Å². The minimum atomic E-state index is 0.245. The van der Waals surface area contributed by atoms with Crippen LogP contribution in [-0.4, -0.2) is 21.6 Å². The van der Waals surface area contributed by atoms with E-state index in [1.54, 1.807) is 0 Å². The molecule has 0 aromatic carbocycles. The van der Waals surface area contributed by atoms with Crippen LogP contribution in [0.15, 0.2) is 12.4 Å². The molecule has 2 N–H and O–H groups in total. The van der Waals surface area contributed by atoms with E-state index in [2.05, 4.69) is 9.97 Å². The van der Waals surface area contributed by atoms with Crippen molar-refractivity contribution in [3.05, 3.63) is 18.1 Å². The highest BCUT2D eigenvalue weighted by molar-refractivity contribution is 7.80. The second-order valence-corrected chi connectivity index (χ2v) is 2.89. The lowest BCUT2D eigenvalue weighted by Gasteiger charge is -2.02. The Kier molecular flexibility index (Phi) is 3.57. The quantitative estimate of drug-likeness (QED) is 0.727. The Hall–Kier alpha value is -1.23. The molecule has 0 bridgehead atoms. The maximum Gasteiger partial charge on any atom is 0.232 e. The third-order valence-electron chi connectivity index (χ3n) is 1.33. The lowest BCUT2D eigenvalue weighted by atomic mass is 10.4. The predicted octanol–water partition coefficient (Wildman–Crippen LogP) is 0.900. The highest BCUT2D eigenvalue weighted by Crippen LogP contribution is 2.03. The molecule has 0 unspecified atom stereocenters. The summed E-state index contributed by atoms with van der Waals surface area (Å²) in [6.07, 6.45) is 3.97. The van der Waals surface area contributed by atoms with Gasteiger partial charge in [-0.2, -0.15) is 0 Å². The van der Waals surface area contributed by atoms with Gasteiger partial charge in [0.25, 0.3) is 0 Å². The molecule has 0 saturated carbocycles. The van der Waals surface area contributed by atoms with Crippen molar-refractivity contribution in [3.63, 3.8) is 0 Å². The molecule has 1 heterocycles. The zero-order valence-corrected chi connectivity index (χ0v) is 8.17. The van der Waals surface area contributed by atoms with Crippen molar-refractivity contribution in [3.8, 4) is 5.88 Å². The Bertz CT molecular complexity index is 286. The number of aromatic nitrogens is 2. The molecule has 13 heavy (non-hydrogen) atoms. The Morgan fingerprint density at radius 1 is 1.54 bits per heavy atom. The average Bonchev–Trinajstić information content (AvgIpc) is 2.15. The molecule has 1 aromatic rings. The van der Waals surface area contributed by atoms with Gasteiger partial charge in [0.05, 0.1) is 19.0 Å². The summed E-state index contributed by atoms with van der Waals surface area (Å²) in [5.41, 5.74) is 5.86. The first-order valence-corrected chi connectivity index (χ1v) is 4.39. The molecular weight excluding hydrogens is 186 g/mol. The van der Waals surface area contributed by atoms with Crippen LogP contribution in [0.2, 0.25) is 0 Å². The molecular formula is C8H11N3OS. The summed E-state index contributed by atoms with van der Waals surface area (Å²) >= 11 is 4.73. The number of nitrogens with zero attached hydrogens (tertiary/aromatic N) is 2. The van der Waals surface area contributed by atoms with E-state index in [1.165, 1.54) is 12.4 Å². The third-order valence-corrected chi connectivity index (χ3v) is 1.54. The summed E-state index contributed by atoms with van der Waals surface area (Å²) in [6.45, 7) is 2.66. The van der Waals surface area contributed by atoms with Crippen LogP contribution in [0.5, 0.6) is 5.88 Å². The van der Waals surface area contributed by atoms with Gasteiger partial charge in [-0.1, -0.05) is 19.1 Å². The third kappa shape index (κ3) is 2.95. The van der Waals surface area contributed by atoms with Crippen LogP contribution in [0, 0.1) is 0 Å². The molecule has 0 saturated heterocycles. The number of rotatable bonds is 4. The van der Waals surface area contributed by atoms with Gasteiger partial charge < -0.3 is 10.5 Å². The Morgan fingerprint density at radius 3 is 2.77 bits per heavy atom. The zero-order chi connectivity index (χ0) is 9.68. The summed E-state index contributed by atoms with van der Waals surface area (Å²) < 4.78 is 5.23. The first kappa shape index (κ1) is 9.85. The normalized spacial score (nSPS) is 9.62. The van der Waals surface area contributed by atoms with Crippen LogP contribution in [0.3, 0.4) is 0 Å². The molecule has 0 aliphatic rings. The molecule has 4 nitrogen and oxygen atoms in total. The maximum absolute atomic E-state index is 5.35. The molecule has 0 spiro atoms. The lowest BCUT2D eigenvalue weighted by molar-refractivity contribution is 0.304. The second-order valence-electron chi connectivity index (χ2n) is 2.45. The van der Waals surface area contributed by atoms with Crippen LogP contribution in [0.25, 0.3) is 0 Å². The van der Waals surface area contributed by atoms with E-state index in [4.69, 9.17) is 22.7 Å². The monoisotopic (exact) mass is 197 g/mol. The summed E-state index contributed by atoms with van der Waals surface area (Å²) in [6, 6.07) is 0.